The van der Waals surface area contributed by atoms with Crippen molar-refractivity contribution in [2.45, 2.75) is 13.1 Å². The van der Waals surface area contributed by atoms with E-state index in [0.29, 0.717) is 11.4 Å². The van der Waals surface area contributed by atoms with Gasteiger partial charge in [-0.05, 0) is 36.7 Å². The van der Waals surface area contributed by atoms with Gasteiger partial charge in [-0.25, -0.2) is 0 Å². The number of nitrogens with one attached hydrogen (secondary N) is 2. The van der Waals surface area contributed by atoms with E-state index in [0.717, 1.165) is 12.1 Å². The zero-order valence-electron chi connectivity index (χ0n) is 13.3. The average Bonchev–Trinajstić information content (AvgIpc) is 3.05. The van der Waals surface area contributed by atoms with Crippen LogP contribution in [-0.4, -0.2) is 37.4 Å². The molecule has 1 aromatic heterocycles. The number of benzene rings is 1. The summed E-state index contributed by atoms with van der Waals surface area (Å²) in [5.41, 5.74) is 2.26. The summed E-state index contributed by atoms with van der Waals surface area (Å²) < 4.78 is 0. The van der Waals surface area contributed by atoms with Gasteiger partial charge in [-0.3, -0.25) is 9.59 Å². The second-order valence-corrected chi connectivity index (χ2v) is 6.39. The van der Waals surface area contributed by atoms with Gasteiger partial charge in [0.05, 0.1) is 11.4 Å². The maximum atomic E-state index is 11.9. The summed E-state index contributed by atoms with van der Waals surface area (Å²) in [5.74, 6) is -0.419. The van der Waals surface area contributed by atoms with Gasteiger partial charge in [-0.15, -0.1) is 11.3 Å². The highest BCUT2D eigenvalue weighted by atomic mass is 32.1. The van der Waals surface area contributed by atoms with Crippen LogP contribution < -0.4 is 10.6 Å². The molecule has 122 valence electrons. The molecule has 0 aliphatic rings. The zero-order chi connectivity index (χ0) is 16.7. The molecule has 0 atom stereocenters. The molecule has 6 heteroatoms. The molecule has 1 heterocycles. The Bertz CT molecular complexity index is 654. The van der Waals surface area contributed by atoms with E-state index in [-0.39, 0.29) is 18.4 Å². The van der Waals surface area contributed by atoms with Gasteiger partial charge in [0.25, 0.3) is 5.91 Å². The summed E-state index contributed by atoms with van der Waals surface area (Å²) in [7, 11) is 4.02. The Balaban J connectivity index is 1.81. The standard InChI is InChI=1S/C17H21N3O2S/c1-20(2)12-14-7-4-3-6-13(14)10-18-16(21)11-19-17(22)15-8-5-9-23-15/h3-9H,10-12H2,1-2H3,(H,18,21)(H,19,22). The largest absolute Gasteiger partial charge is 0.350 e. The maximum absolute atomic E-state index is 11.9. The minimum atomic E-state index is -0.219. The lowest BCUT2D eigenvalue weighted by Gasteiger charge is -2.14. The third kappa shape index (κ3) is 5.50. The highest BCUT2D eigenvalue weighted by Gasteiger charge is 2.09. The number of nitrogens with zero attached hydrogens (tertiary/aromatic N) is 1. The van der Waals surface area contributed by atoms with Crippen LogP contribution in [0.1, 0.15) is 20.8 Å². The van der Waals surface area contributed by atoms with Crippen LogP contribution in [0.5, 0.6) is 0 Å². The molecule has 0 spiro atoms. The summed E-state index contributed by atoms with van der Waals surface area (Å²) in [4.78, 5) is 26.4. The Morgan fingerprint density at radius 1 is 1.04 bits per heavy atom. The first-order valence-electron chi connectivity index (χ1n) is 7.36. The lowest BCUT2D eigenvalue weighted by atomic mass is 10.1. The van der Waals surface area contributed by atoms with E-state index in [4.69, 9.17) is 0 Å². The van der Waals surface area contributed by atoms with Crippen LogP contribution in [0, 0.1) is 0 Å². The molecule has 2 rings (SSSR count). The predicted octanol–water partition coefficient (Wildman–Crippen LogP) is 1.86. The third-order valence-electron chi connectivity index (χ3n) is 3.24. The first kappa shape index (κ1) is 17.2. The summed E-state index contributed by atoms with van der Waals surface area (Å²) in [6, 6.07) is 11.5. The molecule has 0 bridgehead atoms. The molecular weight excluding hydrogens is 310 g/mol. The van der Waals surface area contributed by atoms with Crippen molar-refractivity contribution in [2.75, 3.05) is 20.6 Å². The van der Waals surface area contributed by atoms with Crippen molar-refractivity contribution in [2.24, 2.45) is 0 Å². The Kier molecular flexibility index (Phi) is 6.31. The molecule has 0 aliphatic heterocycles. The first-order chi connectivity index (χ1) is 11.1. The number of thiophene rings is 1. The van der Waals surface area contributed by atoms with Gasteiger partial charge in [0, 0.05) is 13.1 Å². The van der Waals surface area contributed by atoms with Crippen LogP contribution in [0.4, 0.5) is 0 Å². The Hall–Kier alpha value is -2.18. The van der Waals surface area contributed by atoms with E-state index < -0.39 is 0 Å². The number of amides is 2. The van der Waals surface area contributed by atoms with Gasteiger partial charge in [0.2, 0.25) is 5.91 Å². The van der Waals surface area contributed by atoms with Crippen molar-refractivity contribution in [3.63, 3.8) is 0 Å². The minimum absolute atomic E-state index is 0.0212. The van der Waals surface area contributed by atoms with Crippen LogP contribution in [0.2, 0.25) is 0 Å². The topological polar surface area (TPSA) is 61.4 Å². The lowest BCUT2D eigenvalue weighted by Crippen LogP contribution is -2.36. The van der Waals surface area contributed by atoms with Crippen molar-refractivity contribution >= 4 is 23.2 Å². The van der Waals surface area contributed by atoms with Gasteiger partial charge in [-0.1, -0.05) is 30.3 Å². The molecule has 0 unspecified atom stereocenters. The minimum Gasteiger partial charge on any atom is -0.350 e. The monoisotopic (exact) mass is 331 g/mol. The van der Waals surface area contributed by atoms with E-state index in [1.165, 1.54) is 16.9 Å². The molecule has 5 nitrogen and oxygen atoms in total. The van der Waals surface area contributed by atoms with Crippen LogP contribution in [0.3, 0.4) is 0 Å². The van der Waals surface area contributed by atoms with E-state index >= 15 is 0 Å². The number of carbonyl (C=O) groups is 2. The normalized spacial score (nSPS) is 10.6. The lowest BCUT2D eigenvalue weighted by molar-refractivity contribution is -0.120. The molecule has 0 saturated heterocycles. The fraction of sp³-hybridized carbons (Fsp3) is 0.294. The van der Waals surface area contributed by atoms with Crippen molar-refractivity contribution < 1.29 is 9.59 Å². The van der Waals surface area contributed by atoms with Crippen LogP contribution >= 0.6 is 11.3 Å². The van der Waals surface area contributed by atoms with Crippen LogP contribution in [-0.2, 0) is 17.9 Å². The van der Waals surface area contributed by atoms with Crippen molar-refractivity contribution in [1.82, 2.24) is 15.5 Å². The molecule has 23 heavy (non-hydrogen) atoms. The first-order valence-corrected chi connectivity index (χ1v) is 8.24. The smallest absolute Gasteiger partial charge is 0.261 e. The highest BCUT2D eigenvalue weighted by molar-refractivity contribution is 7.12. The molecule has 0 aliphatic carbocycles. The molecule has 0 fully saturated rings. The van der Waals surface area contributed by atoms with Gasteiger partial charge >= 0.3 is 0 Å². The number of rotatable bonds is 7. The number of carbonyl (C=O) groups excluding carboxylic acids is 2. The van der Waals surface area contributed by atoms with E-state index in [1.54, 1.807) is 12.1 Å². The summed E-state index contributed by atoms with van der Waals surface area (Å²) in [5, 5.41) is 7.29. The van der Waals surface area contributed by atoms with Crippen molar-refractivity contribution in [3.8, 4) is 0 Å². The van der Waals surface area contributed by atoms with Crippen LogP contribution in [0.15, 0.2) is 41.8 Å². The fourth-order valence-corrected chi connectivity index (χ4v) is 2.78. The third-order valence-corrected chi connectivity index (χ3v) is 4.10. The van der Waals surface area contributed by atoms with Crippen molar-refractivity contribution in [3.05, 3.63) is 57.8 Å². The summed E-state index contributed by atoms with van der Waals surface area (Å²) in [6.45, 7) is 1.26. The molecule has 2 N–H and O–H groups in total. The second kappa shape index (κ2) is 8.45. The highest BCUT2D eigenvalue weighted by Crippen LogP contribution is 2.10. The summed E-state index contributed by atoms with van der Waals surface area (Å²) in [6.07, 6.45) is 0. The quantitative estimate of drug-likeness (QED) is 0.814. The predicted molar refractivity (Wildman–Crippen MR) is 92.3 cm³/mol. The van der Waals surface area contributed by atoms with Gasteiger partial charge in [-0.2, -0.15) is 0 Å². The van der Waals surface area contributed by atoms with E-state index in [1.807, 2.05) is 37.7 Å². The molecule has 0 saturated carbocycles. The van der Waals surface area contributed by atoms with Crippen LogP contribution in [0.25, 0.3) is 0 Å². The van der Waals surface area contributed by atoms with E-state index in [9.17, 15) is 9.59 Å². The second-order valence-electron chi connectivity index (χ2n) is 5.44. The van der Waals surface area contributed by atoms with Gasteiger partial charge in [0.15, 0.2) is 0 Å². The Morgan fingerprint density at radius 3 is 2.43 bits per heavy atom. The van der Waals surface area contributed by atoms with Crippen molar-refractivity contribution in [1.29, 1.82) is 0 Å². The molecule has 0 radical (unpaired) electrons. The fourth-order valence-electron chi connectivity index (χ4n) is 2.14. The maximum Gasteiger partial charge on any atom is 0.261 e. The van der Waals surface area contributed by atoms with E-state index in [2.05, 4.69) is 21.6 Å². The Labute approximate surface area is 140 Å². The number of hydrogen-bond donors (Lipinski definition) is 2. The summed E-state index contributed by atoms with van der Waals surface area (Å²) >= 11 is 1.35. The Morgan fingerprint density at radius 2 is 1.78 bits per heavy atom. The molecule has 2 amide bonds. The van der Waals surface area contributed by atoms with Gasteiger partial charge in [0.1, 0.15) is 0 Å². The SMILES string of the molecule is CN(C)Cc1ccccc1CNC(=O)CNC(=O)c1cccs1. The molecular formula is C17H21N3O2S. The number of hydrogen-bond acceptors (Lipinski definition) is 4. The zero-order valence-corrected chi connectivity index (χ0v) is 14.2. The average molecular weight is 331 g/mol. The molecule has 1 aromatic carbocycles. The molecule has 2 aromatic rings. The van der Waals surface area contributed by atoms with Gasteiger partial charge < -0.3 is 15.5 Å².